The van der Waals surface area contributed by atoms with Crippen molar-refractivity contribution in [2.24, 2.45) is 11.7 Å². The molecule has 0 bridgehead atoms. The van der Waals surface area contributed by atoms with Gasteiger partial charge in [-0.15, -0.1) is 0 Å². The summed E-state index contributed by atoms with van der Waals surface area (Å²) in [5.41, 5.74) is 6.07. The zero-order valence-corrected chi connectivity index (χ0v) is 17.4. The molecule has 2 aliphatic rings. The first-order chi connectivity index (χ1) is 13.5. The molecule has 4 rings (SSSR count). The molecule has 4 N–H and O–H groups in total. The van der Waals surface area contributed by atoms with Crippen molar-refractivity contribution in [1.29, 1.82) is 0 Å². The fraction of sp³-hybridized carbons (Fsp3) is 0.619. The first-order valence-electron chi connectivity index (χ1n) is 10.2. The number of aliphatic hydroxyl groups is 1. The van der Waals surface area contributed by atoms with E-state index in [1.807, 2.05) is 4.90 Å². The molecule has 2 unspecified atom stereocenters. The van der Waals surface area contributed by atoms with Gasteiger partial charge in [-0.1, -0.05) is 0 Å². The van der Waals surface area contributed by atoms with Gasteiger partial charge in [-0.3, -0.25) is 14.3 Å². The van der Waals surface area contributed by atoms with Gasteiger partial charge < -0.3 is 15.7 Å². The fourth-order valence-corrected chi connectivity index (χ4v) is 4.75. The third kappa shape index (κ3) is 3.18. The summed E-state index contributed by atoms with van der Waals surface area (Å²) >= 11 is 0. The second-order valence-corrected chi connectivity index (χ2v) is 9.17. The predicted octanol–water partition coefficient (Wildman–Crippen LogP) is 1.71. The van der Waals surface area contributed by atoms with Gasteiger partial charge in [0.05, 0.1) is 22.2 Å². The van der Waals surface area contributed by atoms with E-state index in [0.717, 1.165) is 19.3 Å². The molecule has 8 heteroatoms. The van der Waals surface area contributed by atoms with E-state index in [0.29, 0.717) is 29.9 Å². The van der Waals surface area contributed by atoms with Crippen LogP contribution in [0, 0.1) is 25.6 Å². The van der Waals surface area contributed by atoms with Crippen molar-refractivity contribution in [3.63, 3.8) is 0 Å². The highest BCUT2D eigenvalue weighted by Gasteiger charge is 2.37. The number of aryl methyl sites for hydroxylation is 2. The van der Waals surface area contributed by atoms with Crippen LogP contribution in [0.4, 0.5) is 10.1 Å². The number of rotatable bonds is 4. The Morgan fingerprint density at radius 2 is 1.86 bits per heavy atom. The van der Waals surface area contributed by atoms with Crippen LogP contribution in [0.15, 0.2) is 9.59 Å². The Kier molecular flexibility index (Phi) is 4.62. The normalized spacial score (nSPS) is 21.2. The molecule has 1 aromatic carbocycles. The lowest BCUT2D eigenvalue weighted by Gasteiger charge is -2.31. The van der Waals surface area contributed by atoms with Crippen molar-refractivity contribution in [2.45, 2.75) is 64.6 Å². The molecule has 2 atom stereocenters. The number of benzene rings is 1. The van der Waals surface area contributed by atoms with Crippen LogP contribution in [0.5, 0.6) is 0 Å². The Bertz CT molecular complexity index is 1090. The smallest absolute Gasteiger partial charge is 0.329 e. The molecule has 1 aliphatic heterocycles. The Balaban J connectivity index is 1.88. The maximum atomic E-state index is 15.5. The van der Waals surface area contributed by atoms with Crippen LogP contribution in [-0.4, -0.2) is 39.4 Å². The maximum absolute atomic E-state index is 15.5. The summed E-state index contributed by atoms with van der Waals surface area (Å²) in [6.45, 7) is 7.87. The lowest BCUT2D eigenvalue weighted by molar-refractivity contribution is 0.0337. The number of nitrogens with zero attached hydrogens (tertiary/aromatic N) is 2. The number of halogens is 1. The molecule has 0 amide bonds. The molecule has 0 radical (unpaired) electrons. The van der Waals surface area contributed by atoms with E-state index in [9.17, 15) is 14.7 Å². The molecule has 1 saturated heterocycles. The quantitative estimate of drug-likeness (QED) is 0.720. The van der Waals surface area contributed by atoms with Gasteiger partial charge >= 0.3 is 5.69 Å². The van der Waals surface area contributed by atoms with Gasteiger partial charge in [0.25, 0.3) is 5.56 Å². The van der Waals surface area contributed by atoms with Crippen LogP contribution in [0.1, 0.15) is 50.3 Å². The molecule has 1 saturated carbocycles. The summed E-state index contributed by atoms with van der Waals surface area (Å²) in [5, 5.41) is 10.5. The standard InChI is InChI=1S/C21H29FN4O3/c1-10-14-16(26(13-5-6-13)20(28)24-19(14)27)11(2)17(15(10)22)25-8-7-12(9-25)18(23)21(3,4)29/h12-13,18,29H,5-9,23H2,1-4H3,(H,24,27,28). The summed E-state index contributed by atoms with van der Waals surface area (Å²) < 4.78 is 17.1. The minimum Gasteiger partial charge on any atom is -0.389 e. The molecule has 29 heavy (non-hydrogen) atoms. The van der Waals surface area contributed by atoms with Gasteiger partial charge in [0, 0.05) is 36.3 Å². The summed E-state index contributed by atoms with van der Waals surface area (Å²) in [6, 6.07) is -0.377. The third-order valence-electron chi connectivity index (χ3n) is 6.54. The second-order valence-electron chi connectivity index (χ2n) is 9.17. The third-order valence-corrected chi connectivity index (χ3v) is 6.54. The van der Waals surface area contributed by atoms with Gasteiger partial charge in [0.15, 0.2) is 5.82 Å². The van der Waals surface area contributed by atoms with Crippen LogP contribution >= 0.6 is 0 Å². The Labute approximate surface area is 168 Å². The van der Waals surface area contributed by atoms with Gasteiger partial charge in [0.1, 0.15) is 0 Å². The van der Waals surface area contributed by atoms with Gasteiger partial charge in [-0.2, -0.15) is 0 Å². The Morgan fingerprint density at radius 3 is 2.45 bits per heavy atom. The van der Waals surface area contributed by atoms with Crippen molar-refractivity contribution in [2.75, 3.05) is 18.0 Å². The van der Waals surface area contributed by atoms with E-state index in [1.165, 1.54) is 0 Å². The van der Waals surface area contributed by atoms with Crippen LogP contribution in [-0.2, 0) is 0 Å². The number of hydrogen-bond acceptors (Lipinski definition) is 5. The molecule has 2 aromatic rings. The van der Waals surface area contributed by atoms with Gasteiger partial charge in [0.2, 0.25) is 0 Å². The van der Waals surface area contributed by atoms with Crippen LogP contribution in [0.3, 0.4) is 0 Å². The predicted molar refractivity (Wildman–Crippen MR) is 111 cm³/mol. The molecule has 1 aromatic heterocycles. The first-order valence-corrected chi connectivity index (χ1v) is 10.2. The molecule has 0 spiro atoms. The number of nitrogens with two attached hydrogens (primary N) is 1. The minimum atomic E-state index is -1.02. The largest absolute Gasteiger partial charge is 0.389 e. The number of aromatic amines is 1. The molecule has 7 nitrogen and oxygen atoms in total. The lowest BCUT2D eigenvalue weighted by atomic mass is 9.87. The highest BCUT2D eigenvalue weighted by molar-refractivity contribution is 5.90. The van der Waals surface area contributed by atoms with Crippen LogP contribution < -0.4 is 21.9 Å². The molecule has 2 heterocycles. The summed E-state index contributed by atoms with van der Waals surface area (Å²) in [7, 11) is 0. The molecule has 158 valence electrons. The van der Waals surface area contributed by atoms with Crippen molar-refractivity contribution in [3.05, 3.63) is 37.8 Å². The van der Waals surface area contributed by atoms with Crippen LogP contribution in [0.25, 0.3) is 10.9 Å². The summed E-state index contributed by atoms with van der Waals surface area (Å²) in [5.74, 6) is -0.409. The first kappa shape index (κ1) is 20.1. The second kappa shape index (κ2) is 6.67. The van der Waals surface area contributed by atoms with Gasteiger partial charge in [-0.25, -0.2) is 9.18 Å². The van der Waals surface area contributed by atoms with Crippen molar-refractivity contribution < 1.29 is 9.50 Å². The van der Waals surface area contributed by atoms with E-state index in [2.05, 4.69) is 4.98 Å². The van der Waals surface area contributed by atoms with Crippen molar-refractivity contribution in [1.82, 2.24) is 9.55 Å². The Hall–Kier alpha value is -2.19. The monoisotopic (exact) mass is 404 g/mol. The highest BCUT2D eigenvalue weighted by Crippen LogP contribution is 2.40. The molecule has 1 aliphatic carbocycles. The van der Waals surface area contributed by atoms with E-state index in [1.54, 1.807) is 32.3 Å². The molecule has 2 fully saturated rings. The highest BCUT2D eigenvalue weighted by atomic mass is 19.1. The van der Waals surface area contributed by atoms with Crippen molar-refractivity contribution in [3.8, 4) is 0 Å². The van der Waals surface area contributed by atoms with E-state index < -0.39 is 28.7 Å². The zero-order chi connectivity index (χ0) is 21.2. The topological polar surface area (TPSA) is 104 Å². The van der Waals surface area contributed by atoms with Crippen LogP contribution in [0.2, 0.25) is 0 Å². The number of nitrogens with one attached hydrogen (secondary N) is 1. The average molecular weight is 404 g/mol. The molecular weight excluding hydrogens is 375 g/mol. The van der Waals surface area contributed by atoms with Gasteiger partial charge in [-0.05, 0) is 52.9 Å². The fourth-order valence-electron chi connectivity index (χ4n) is 4.75. The number of hydrogen-bond donors (Lipinski definition) is 3. The Morgan fingerprint density at radius 1 is 1.21 bits per heavy atom. The summed E-state index contributed by atoms with van der Waals surface area (Å²) in [4.78, 5) is 29.3. The number of aromatic nitrogens is 2. The minimum absolute atomic E-state index is 0.0228. The van der Waals surface area contributed by atoms with E-state index >= 15 is 4.39 Å². The number of anilines is 1. The molecular formula is C21H29FN4O3. The lowest BCUT2D eigenvalue weighted by Crippen LogP contribution is -2.49. The SMILES string of the molecule is Cc1c(F)c(N2CCC(C(N)C(C)(C)O)C2)c(C)c2c1c(=O)[nH]c(=O)n2C1CC1. The van der Waals surface area contributed by atoms with E-state index in [-0.39, 0.29) is 22.9 Å². The average Bonchev–Trinajstić information content (AvgIpc) is 3.35. The van der Waals surface area contributed by atoms with Crippen molar-refractivity contribution >= 4 is 16.6 Å². The zero-order valence-electron chi connectivity index (χ0n) is 17.4. The number of fused-ring (bicyclic) bond motifs is 1. The maximum Gasteiger partial charge on any atom is 0.329 e. The number of H-pyrrole nitrogens is 1. The summed E-state index contributed by atoms with van der Waals surface area (Å²) in [6.07, 6.45) is 2.49. The van der Waals surface area contributed by atoms with E-state index in [4.69, 9.17) is 5.73 Å².